The fraction of sp³-hybridized carbons (Fsp3) is 0.261. The summed E-state index contributed by atoms with van der Waals surface area (Å²) in [7, 11) is 0. The van der Waals surface area contributed by atoms with E-state index in [1.54, 1.807) is 12.1 Å². The predicted molar refractivity (Wildman–Crippen MR) is 116 cm³/mol. The second-order valence-electron chi connectivity index (χ2n) is 7.18. The molecule has 0 bridgehead atoms. The minimum Gasteiger partial charge on any atom is -0.313 e. The van der Waals surface area contributed by atoms with E-state index in [9.17, 15) is 4.79 Å². The highest BCUT2D eigenvalue weighted by Crippen LogP contribution is 2.28. The molecule has 4 rings (SSSR count). The van der Waals surface area contributed by atoms with Gasteiger partial charge in [-0.05, 0) is 61.3 Å². The lowest BCUT2D eigenvalue weighted by atomic mass is 10.0. The van der Waals surface area contributed by atoms with Crippen LogP contribution in [0, 0.1) is 0 Å². The van der Waals surface area contributed by atoms with Crippen LogP contribution in [0.25, 0.3) is 11.1 Å². The van der Waals surface area contributed by atoms with E-state index in [0.29, 0.717) is 22.2 Å². The number of likely N-dealkylation sites (tertiary alicyclic amines) is 1. The van der Waals surface area contributed by atoms with Crippen molar-refractivity contribution in [3.05, 3.63) is 92.8 Å². The van der Waals surface area contributed by atoms with Crippen molar-refractivity contribution in [3.8, 4) is 11.1 Å². The monoisotopic (exact) mass is 412 g/mol. The molecule has 1 aliphatic heterocycles. The Labute approximate surface area is 175 Å². The van der Waals surface area contributed by atoms with Gasteiger partial charge in [0.2, 0.25) is 0 Å². The van der Waals surface area contributed by atoms with E-state index in [4.69, 9.17) is 23.2 Å². The lowest BCUT2D eigenvalue weighted by Gasteiger charge is -2.28. The van der Waals surface area contributed by atoms with Gasteiger partial charge in [-0.2, -0.15) is 0 Å². The third-order valence-corrected chi connectivity index (χ3v) is 6.13. The quantitative estimate of drug-likeness (QED) is 0.539. The highest BCUT2D eigenvalue weighted by atomic mass is 35.5. The summed E-state index contributed by atoms with van der Waals surface area (Å²) >= 11 is 12.2. The van der Waals surface area contributed by atoms with Crippen LogP contribution >= 0.6 is 23.2 Å². The molecule has 1 aromatic heterocycles. The minimum absolute atomic E-state index is 0.0129. The molecule has 144 valence electrons. The van der Waals surface area contributed by atoms with Crippen molar-refractivity contribution in [3.63, 3.8) is 0 Å². The molecule has 1 fully saturated rings. The van der Waals surface area contributed by atoms with E-state index >= 15 is 0 Å². The number of rotatable bonds is 5. The molecule has 0 spiro atoms. The van der Waals surface area contributed by atoms with Gasteiger partial charge in [0.1, 0.15) is 0 Å². The molecule has 0 N–H and O–H groups in total. The largest absolute Gasteiger partial charge is 0.313 e. The van der Waals surface area contributed by atoms with Crippen molar-refractivity contribution in [2.45, 2.75) is 25.4 Å². The van der Waals surface area contributed by atoms with Gasteiger partial charge in [-0.15, -0.1) is 0 Å². The summed E-state index contributed by atoms with van der Waals surface area (Å²) in [6, 6.07) is 19.7. The van der Waals surface area contributed by atoms with Gasteiger partial charge in [-0.25, -0.2) is 0 Å². The molecule has 1 saturated heterocycles. The fourth-order valence-electron chi connectivity index (χ4n) is 3.91. The van der Waals surface area contributed by atoms with Crippen LogP contribution < -0.4 is 5.56 Å². The number of hydrogen-bond donors (Lipinski definition) is 0. The van der Waals surface area contributed by atoms with E-state index in [0.717, 1.165) is 18.7 Å². The van der Waals surface area contributed by atoms with Crippen molar-refractivity contribution >= 4 is 23.2 Å². The van der Waals surface area contributed by atoms with Crippen molar-refractivity contribution in [2.24, 2.45) is 0 Å². The number of aromatic nitrogens is 1. The molecule has 3 aromatic rings. The molecule has 2 aromatic carbocycles. The van der Waals surface area contributed by atoms with Gasteiger partial charge < -0.3 is 4.57 Å². The standard InChI is InChI=1S/C23H22Cl2N2O/c24-20-11-10-18(15-21(20)25)19-9-6-14-27(23(19)28)16-22(26-12-4-5-13-26)17-7-2-1-3-8-17/h1-3,6-11,14-15,22H,4-5,12-13,16H2. The summed E-state index contributed by atoms with van der Waals surface area (Å²) in [5.41, 5.74) is 2.65. The first-order chi connectivity index (χ1) is 13.6. The molecule has 1 unspecified atom stereocenters. The SMILES string of the molecule is O=c1c(-c2ccc(Cl)c(Cl)c2)cccn1CC(c1ccccc1)N1CCCC1. The van der Waals surface area contributed by atoms with Gasteiger partial charge in [-0.1, -0.05) is 59.6 Å². The van der Waals surface area contributed by atoms with Crippen molar-refractivity contribution in [1.82, 2.24) is 9.47 Å². The first-order valence-electron chi connectivity index (χ1n) is 9.57. The summed E-state index contributed by atoms with van der Waals surface area (Å²) in [5, 5.41) is 0.938. The molecule has 2 heterocycles. The number of hydrogen-bond acceptors (Lipinski definition) is 2. The third-order valence-electron chi connectivity index (χ3n) is 5.39. The van der Waals surface area contributed by atoms with Gasteiger partial charge in [0, 0.05) is 18.3 Å². The average Bonchev–Trinajstić information content (AvgIpc) is 3.24. The maximum Gasteiger partial charge on any atom is 0.258 e. The molecular weight excluding hydrogens is 391 g/mol. The normalized spacial score (nSPS) is 15.6. The van der Waals surface area contributed by atoms with Crippen LogP contribution in [0.3, 0.4) is 0 Å². The van der Waals surface area contributed by atoms with Crippen LogP contribution in [0.1, 0.15) is 24.4 Å². The third kappa shape index (κ3) is 4.02. The van der Waals surface area contributed by atoms with Crippen molar-refractivity contribution in [1.29, 1.82) is 0 Å². The van der Waals surface area contributed by atoms with Crippen molar-refractivity contribution in [2.75, 3.05) is 13.1 Å². The van der Waals surface area contributed by atoms with E-state index in [1.807, 2.05) is 35.0 Å². The van der Waals surface area contributed by atoms with Crippen LogP contribution in [-0.4, -0.2) is 22.6 Å². The number of halogens is 2. The minimum atomic E-state index is -0.0129. The zero-order chi connectivity index (χ0) is 19.5. The van der Waals surface area contributed by atoms with E-state index in [2.05, 4.69) is 29.2 Å². The number of nitrogens with zero attached hydrogens (tertiary/aromatic N) is 2. The average molecular weight is 413 g/mol. The molecule has 0 aliphatic carbocycles. The highest BCUT2D eigenvalue weighted by Gasteiger charge is 2.24. The Kier molecular flexibility index (Phi) is 5.86. The van der Waals surface area contributed by atoms with Gasteiger partial charge in [0.05, 0.1) is 16.1 Å². The lowest BCUT2D eigenvalue weighted by Crippen LogP contribution is -2.33. The summed E-state index contributed by atoms with van der Waals surface area (Å²) in [6.07, 6.45) is 4.29. The summed E-state index contributed by atoms with van der Waals surface area (Å²) in [5.74, 6) is 0. The number of pyridine rings is 1. The maximum atomic E-state index is 13.2. The smallest absolute Gasteiger partial charge is 0.258 e. The zero-order valence-electron chi connectivity index (χ0n) is 15.5. The summed E-state index contributed by atoms with van der Waals surface area (Å²) in [4.78, 5) is 15.7. The van der Waals surface area contributed by atoms with Crippen LogP contribution in [0.5, 0.6) is 0 Å². The van der Waals surface area contributed by atoms with E-state index in [1.165, 1.54) is 18.4 Å². The van der Waals surface area contributed by atoms with E-state index in [-0.39, 0.29) is 11.6 Å². The van der Waals surface area contributed by atoms with E-state index < -0.39 is 0 Å². The molecule has 1 aliphatic rings. The second kappa shape index (κ2) is 8.52. The van der Waals surface area contributed by atoms with Crippen LogP contribution in [0.4, 0.5) is 0 Å². The molecule has 0 saturated carbocycles. The molecular formula is C23H22Cl2N2O. The summed E-state index contributed by atoms with van der Waals surface area (Å²) in [6.45, 7) is 2.76. The predicted octanol–water partition coefficient (Wildman–Crippen LogP) is 5.66. The Morgan fingerprint density at radius 2 is 1.64 bits per heavy atom. The Hall–Kier alpha value is -2.07. The Bertz CT molecular complexity index is 1010. The first kappa shape index (κ1) is 19.3. The van der Waals surface area contributed by atoms with Crippen LogP contribution in [-0.2, 0) is 6.54 Å². The van der Waals surface area contributed by atoms with Gasteiger partial charge in [-0.3, -0.25) is 9.69 Å². The Morgan fingerprint density at radius 3 is 2.36 bits per heavy atom. The Morgan fingerprint density at radius 1 is 0.893 bits per heavy atom. The highest BCUT2D eigenvalue weighted by molar-refractivity contribution is 6.42. The topological polar surface area (TPSA) is 25.2 Å². The van der Waals surface area contributed by atoms with Gasteiger partial charge in [0.25, 0.3) is 5.56 Å². The molecule has 1 atom stereocenters. The fourth-order valence-corrected chi connectivity index (χ4v) is 4.21. The van der Waals surface area contributed by atoms with Crippen molar-refractivity contribution < 1.29 is 0 Å². The molecule has 0 radical (unpaired) electrons. The molecule has 3 nitrogen and oxygen atoms in total. The molecule has 5 heteroatoms. The van der Waals surface area contributed by atoms with Crippen LogP contribution in [0.15, 0.2) is 71.7 Å². The number of benzene rings is 2. The maximum absolute atomic E-state index is 13.2. The first-order valence-corrected chi connectivity index (χ1v) is 10.3. The summed E-state index contributed by atoms with van der Waals surface area (Å²) < 4.78 is 1.81. The molecule has 0 amide bonds. The van der Waals surface area contributed by atoms with Gasteiger partial charge >= 0.3 is 0 Å². The molecule has 28 heavy (non-hydrogen) atoms. The zero-order valence-corrected chi connectivity index (χ0v) is 17.0. The van der Waals surface area contributed by atoms with Crippen LogP contribution in [0.2, 0.25) is 10.0 Å². The second-order valence-corrected chi connectivity index (χ2v) is 7.99. The lowest BCUT2D eigenvalue weighted by molar-refractivity contribution is 0.220. The Balaban J connectivity index is 1.70. The van der Waals surface area contributed by atoms with Gasteiger partial charge in [0.15, 0.2) is 0 Å².